The third-order valence-corrected chi connectivity index (χ3v) is 4.13. The van der Waals surface area contributed by atoms with Crippen LogP contribution in [0.15, 0.2) is 22.1 Å². The number of aromatic nitrogens is 2. The SMILES string of the molecule is COc1cc(Br)c(CCC(=O)Nc2nncs2)cc1OC. The Bertz CT molecular complexity index is 619. The number of halogens is 1. The highest BCUT2D eigenvalue weighted by molar-refractivity contribution is 9.10. The summed E-state index contributed by atoms with van der Waals surface area (Å²) in [6.07, 6.45) is 0.916. The molecule has 0 aliphatic carbocycles. The van der Waals surface area contributed by atoms with Gasteiger partial charge in [-0.1, -0.05) is 27.3 Å². The minimum atomic E-state index is -0.103. The van der Waals surface area contributed by atoms with Crippen LogP contribution < -0.4 is 14.8 Å². The largest absolute Gasteiger partial charge is 0.493 e. The highest BCUT2D eigenvalue weighted by atomic mass is 79.9. The van der Waals surface area contributed by atoms with E-state index in [1.165, 1.54) is 11.3 Å². The number of carbonyl (C=O) groups is 1. The van der Waals surface area contributed by atoms with Crippen molar-refractivity contribution in [2.75, 3.05) is 19.5 Å². The van der Waals surface area contributed by atoms with Crippen LogP contribution in [-0.4, -0.2) is 30.3 Å². The number of hydrogen-bond acceptors (Lipinski definition) is 6. The van der Waals surface area contributed by atoms with Crippen molar-refractivity contribution in [2.24, 2.45) is 0 Å². The molecule has 0 fully saturated rings. The van der Waals surface area contributed by atoms with Crippen LogP contribution in [0.1, 0.15) is 12.0 Å². The fourth-order valence-electron chi connectivity index (χ4n) is 1.75. The Morgan fingerprint density at radius 2 is 2.05 bits per heavy atom. The molecule has 0 bridgehead atoms. The Balaban J connectivity index is 2.01. The van der Waals surface area contributed by atoms with Crippen LogP contribution in [0.4, 0.5) is 5.13 Å². The minimum Gasteiger partial charge on any atom is -0.493 e. The molecule has 0 aliphatic rings. The average Bonchev–Trinajstić information content (AvgIpc) is 2.98. The van der Waals surface area contributed by atoms with Gasteiger partial charge in [0.25, 0.3) is 0 Å². The van der Waals surface area contributed by atoms with E-state index in [0.717, 1.165) is 10.0 Å². The van der Waals surface area contributed by atoms with Gasteiger partial charge in [0.2, 0.25) is 11.0 Å². The molecule has 0 radical (unpaired) electrons. The lowest BCUT2D eigenvalue weighted by Crippen LogP contribution is -2.12. The summed E-state index contributed by atoms with van der Waals surface area (Å²) >= 11 is 4.76. The van der Waals surface area contributed by atoms with Crippen LogP contribution in [-0.2, 0) is 11.2 Å². The number of rotatable bonds is 6. The number of methoxy groups -OCH3 is 2. The summed E-state index contributed by atoms with van der Waals surface area (Å²) in [4.78, 5) is 11.8. The third-order valence-electron chi connectivity index (χ3n) is 2.78. The maximum atomic E-state index is 11.8. The Kier molecular flexibility index (Phi) is 5.51. The second kappa shape index (κ2) is 7.37. The standard InChI is InChI=1S/C13H14BrN3O3S/c1-19-10-5-8(9(14)6-11(10)20-2)3-4-12(18)16-13-17-15-7-21-13/h5-7H,3-4H2,1-2H3,(H,16,17,18). The Morgan fingerprint density at radius 1 is 1.33 bits per heavy atom. The molecular weight excluding hydrogens is 358 g/mol. The van der Waals surface area contributed by atoms with Crippen LogP contribution in [0.25, 0.3) is 0 Å². The molecule has 0 unspecified atom stereocenters. The van der Waals surface area contributed by atoms with Crippen molar-refractivity contribution in [3.8, 4) is 11.5 Å². The highest BCUT2D eigenvalue weighted by Crippen LogP contribution is 2.33. The van der Waals surface area contributed by atoms with Gasteiger partial charge in [-0.25, -0.2) is 0 Å². The average molecular weight is 372 g/mol. The molecule has 8 heteroatoms. The molecule has 21 heavy (non-hydrogen) atoms. The summed E-state index contributed by atoms with van der Waals surface area (Å²) in [5.74, 6) is 1.18. The van der Waals surface area contributed by atoms with Crippen LogP contribution in [0, 0.1) is 0 Å². The lowest BCUT2D eigenvalue weighted by Gasteiger charge is -2.11. The molecule has 1 N–H and O–H groups in total. The summed E-state index contributed by atoms with van der Waals surface area (Å²) in [5, 5.41) is 10.6. The number of ether oxygens (including phenoxy) is 2. The molecule has 0 aliphatic heterocycles. The molecule has 2 rings (SSSR count). The maximum Gasteiger partial charge on any atom is 0.226 e. The molecular formula is C13H14BrN3O3S. The van der Waals surface area contributed by atoms with Gasteiger partial charge in [0.1, 0.15) is 5.51 Å². The number of benzene rings is 1. The highest BCUT2D eigenvalue weighted by Gasteiger charge is 2.11. The van der Waals surface area contributed by atoms with Crippen LogP contribution in [0.3, 0.4) is 0 Å². The van der Waals surface area contributed by atoms with Crippen molar-refractivity contribution < 1.29 is 14.3 Å². The number of aryl methyl sites for hydroxylation is 1. The van der Waals surface area contributed by atoms with E-state index in [4.69, 9.17) is 9.47 Å². The number of nitrogens with one attached hydrogen (secondary N) is 1. The van der Waals surface area contributed by atoms with Crippen LogP contribution >= 0.6 is 27.3 Å². The number of nitrogens with zero attached hydrogens (tertiary/aromatic N) is 2. The predicted molar refractivity (Wildman–Crippen MR) is 84.1 cm³/mol. The monoisotopic (exact) mass is 371 g/mol. The van der Waals surface area contributed by atoms with E-state index in [9.17, 15) is 4.79 Å². The first-order valence-electron chi connectivity index (χ1n) is 6.10. The zero-order valence-electron chi connectivity index (χ0n) is 11.6. The van der Waals surface area contributed by atoms with Gasteiger partial charge in [0.15, 0.2) is 11.5 Å². The lowest BCUT2D eigenvalue weighted by atomic mass is 10.1. The van der Waals surface area contributed by atoms with Gasteiger partial charge >= 0.3 is 0 Å². The van der Waals surface area contributed by atoms with E-state index in [1.54, 1.807) is 19.7 Å². The summed E-state index contributed by atoms with van der Waals surface area (Å²) in [5.41, 5.74) is 2.54. The molecule has 1 aromatic carbocycles. The molecule has 6 nitrogen and oxygen atoms in total. The molecule has 0 spiro atoms. The zero-order valence-corrected chi connectivity index (χ0v) is 14.0. The van der Waals surface area contributed by atoms with Gasteiger partial charge < -0.3 is 14.8 Å². The molecule has 1 heterocycles. The van der Waals surface area contributed by atoms with E-state index in [-0.39, 0.29) is 5.91 Å². The maximum absolute atomic E-state index is 11.8. The van der Waals surface area contributed by atoms with Crippen molar-refractivity contribution in [3.05, 3.63) is 27.7 Å². The van der Waals surface area contributed by atoms with E-state index < -0.39 is 0 Å². The summed E-state index contributed by atoms with van der Waals surface area (Å²) < 4.78 is 11.4. The normalized spacial score (nSPS) is 10.2. The summed E-state index contributed by atoms with van der Waals surface area (Å²) in [6, 6.07) is 3.69. The fourth-order valence-corrected chi connectivity index (χ4v) is 2.73. The Hall–Kier alpha value is -1.67. The predicted octanol–water partition coefficient (Wildman–Crippen LogP) is 2.89. The number of hydrogen-bond donors (Lipinski definition) is 1. The van der Waals surface area contributed by atoms with Crippen molar-refractivity contribution in [2.45, 2.75) is 12.8 Å². The van der Waals surface area contributed by atoms with Gasteiger partial charge in [-0.3, -0.25) is 4.79 Å². The third kappa shape index (κ3) is 4.15. The van der Waals surface area contributed by atoms with Gasteiger partial charge in [0.05, 0.1) is 14.2 Å². The molecule has 1 amide bonds. The summed E-state index contributed by atoms with van der Waals surface area (Å²) in [6.45, 7) is 0. The van der Waals surface area contributed by atoms with E-state index in [1.807, 2.05) is 12.1 Å². The van der Waals surface area contributed by atoms with Crippen molar-refractivity contribution in [3.63, 3.8) is 0 Å². The molecule has 0 saturated carbocycles. The van der Waals surface area contributed by atoms with Gasteiger partial charge in [-0.15, -0.1) is 10.2 Å². The Morgan fingerprint density at radius 3 is 2.67 bits per heavy atom. The van der Waals surface area contributed by atoms with Crippen molar-refractivity contribution in [1.29, 1.82) is 0 Å². The molecule has 112 valence electrons. The topological polar surface area (TPSA) is 73.3 Å². The van der Waals surface area contributed by atoms with E-state index in [0.29, 0.717) is 29.5 Å². The first kappa shape index (κ1) is 15.7. The minimum absolute atomic E-state index is 0.103. The quantitative estimate of drug-likeness (QED) is 0.844. The fraction of sp³-hybridized carbons (Fsp3) is 0.308. The molecule has 0 saturated heterocycles. The van der Waals surface area contributed by atoms with Gasteiger partial charge in [-0.2, -0.15) is 0 Å². The smallest absolute Gasteiger partial charge is 0.226 e. The van der Waals surface area contributed by atoms with E-state index >= 15 is 0 Å². The first-order valence-corrected chi connectivity index (χ1v) is 7.77. The zero-order chi connectivity index (χ0) is 15.2. The lowest BCUT2D eigenvalue weighted by molar-refractivity contribution is -0.116. The number of anilines is 1. The second-order valence-corrected chi connectivity index (χ2v) is 5.78. The summed E-state index contributed by atoms with van der Waals surface area (Å²) in [7, 11) is 3.16. The van der Waals surface area contributed by atoms with E-state index in [2.05, 4.69) is 31.4 Å². The Labute approximate surface area is 134 Å². The number of amides is 1. The van der Waals surface area contributed by atoms with Crippen molar-refractivity contribution in [1.82, 2.24) is 10.2 Å². The van der Waals surface area contributed by atoms with Crippen LogP contribution in [0.5, 0.6) is 11.5 Å². The van der Waals surface area contributed by atoms with Gasteiger partial charge in [0, 0.05) is 10.9 Å². The second-order valence-electron chi connectivity index (χ2n) is 4.09. The number of carbonyl (C=O) groups excluding carboxylic acids is 1. The van der Waals surface area contributed by atoms with Crippen molar-refractivity contribution >= 4 is 38.3 Å². The molecule has 0 atom stereocenters. The molecule has 2 aromatic rings. The van der Waals surface area contributed by atoms with Gasteiger partial charge in [-0.05, 0) is 24.1 Å². The first-order chi connectivity index (χ1) is 10.1. The molecule has 1 aromatic heterocycles. The van der Waals surface area contributed by atoms with Crippen LogP contribution in [0.2, 0.25) is 0 Å².